The third kappa shape index (κ3) is 5.07. The van der Waals surface area contributed by atoms with Gasteiger partial charge in [0.25, 0.3) is 5.91 Å². The van der Waals surface area contributed by atoms with Crippen molar-refractivity contribution in [2.45, 2.75) is 45.1 Å². The third-order valence-corrected chi connectivity index (χ3v) is 4.27. The minimum atomic E-state index is -1.52. The molecule has 160 valence electrons. The van der Waals surface area contributed by atoms with E-state index in [-0.39, 0.29) is 0 Å². The van der Waals surface area contributed by atoms with Gasteiger partial charge in [0.2, 0.25) is 6.10 Å². The van der Waals surface area contributed by atoms with Gasteiger partial charge in [0.1, 0.15) is 11.8 Å². The van der Waals surface area contributed by atoms with Crippen LogP contribution in [0.1, 0.15) is 20.8 Å². The number of piperidine rings is 1. The lowest BCUT2D eigenvalue weighted by atomic mass is 9.91. The number of carbonyl (C=O) groups is 4. The fourth-order valence-corrected chi connectivity index (χ4v) is 3.22. The molecule has 0 N–H and O–H groups in total. The first-order valence-electron chi connectivity index (χ1n) is 9.04. The number of carbonyl (C=O) groups excluding carboxylic acids is 4. The summed E-state index contributed by atoms with van der Waals surface area (Å²) in [5, 5.41) is 0. The predicted molar refractivity (Wildman–Crippen MR) is 105 cm³/mol. The highest BCUT2D eigenvalue weighted by Crippen LogP contribution is 2.33. The first kappa shape index (κ1) is 22.7. The van der Waals surface area contributed by atoms with Crippen LogP contribution in [0, 0.1) is 0 Å². The lowest BCUT2D eigenvalue weighted by Crippen LogP contribution is -2.66. The van der Waals surface area contributed by atoms with E-state index < -0.39 is 48.2 Å². The largest absolute Gasteiger partial charge is 0.497 e. The van der Waals surface area contributed by atoms with E-state index in [0.29, 0.717) is 11.4 Å². The van der Waals surface area contributed by atoms with Crippen LogP contribution >= 0.6 is 0 Å². The topological polar surface area (TPSA) is 108 Å². The molecule has 0 unspecified atom stereocenters. The quantitative estimate of drug-likeness (QED) is 0.390. The van der Waals surface area contributed by atoms with Crippen LogP contribution in [0.4, 0.5) is 5.69 Å². The number of hydrogen-bond donors (Lipinski definition) is 0. The molecule has 0 spiro atoms. The van der Waals surface area contributed by atoms with E-state index in [9.17, 15) is 19.2 Å². The summed E-state index contributed by atoms with van der Waals surface area (Å²) in [5.41, 5.74) is 2.99. The Hall–Kier alpha value is -3.58. The normalized spacial score (nSPS) is 23.1. The predicted octanol–water partition coefficient (Wildman–Crippen LogP) is 1.55. The molecule has 1 aromatic rings. The molecule has 1 fully saturated rings. The highest BCUT2D eigenvalue weighted by molar-refractivity contribution is 6.00. The average Bonchev–Trinajstić information content (AvgIpc) is 2.67. The van der Waals surface area contributed by atoms with Crippen molar-refractivity contribution >= 4 is 29.5 Å². The molecule has 1 saturated heterocycles. The fraction of sp³-hybridized carbons (Fsp3) is 0.381. The van der Waals surface area contributed by atoms with Crippen molar-refractivity contribution in [2.75, 3.05) is 12.0 Å². The van der Waals surface area contributed by atoms with Crippen LogP contribution in [-0.4, -0.2) is 55.3 Å². The van der Waals surface area contributed by atoms with Gasteiger partial charge in [0.15, 0.2) is 12.2 Å². The van der Waals surface area contributed by atoms with Gasteiger partial charge < -0.3 is 18.9 Å². The number of amides is 1. The Morgan fingerprint density at radius 2 is 1.50 bits per heavy atom. The zero-order chi connectivity index (χ0) is 22.4. The van der Waals surface area contributed by atoms with Gasteiger partial charge in [0.05, 0.1) is 7.11 Å². The van der Waals surface area contributed by atoms with Crippen molar-refractivity contribution < 1.29 is 38.1 Å². The smallest absolute Gasteiger partial charge is 0.303 e. The summed E-state index contributed by atoms with van der Waals surface area (Å²) in [6, 6.07) is 5.57. The van der Waals surface area contributed by atoms with Crippen LogP contribution in [0.5, 0.6) is 5.75 Å². The summed E-state index contributed by atoms with van der Waals surface area (Å²) in [5.74, 6) is -2.28. The molecule has 0 aromatic heterocycles. The minimum absolute atomic E-state index is 0.410. The minimum Gasteiger partial charge on any atom is -0.497 e. The van der Waals surface area contributed by atoms with Crippen LogP contribution in [0.3, 0.4) is 0 Å². The van der Waals surface area contributed by atoms with Gasteiger partial charge in [-0.2, -0.15) is 0 Å². The molecule has 9 nitrogen and oxygen atoms in total. The van der Waals surface area contributed by atoms with Gasteiger partial charge in [-0.25, -0.2) is 0 Å². The Morgan fingerprint density at radius 3 is 1.97 bits per heavy atom. The standard InChI is InChI=1S/C21H23NO8/c1-6-7-17-18(28-12(2)23)19(29-13(3)24)20(30-14(4)25)21(26)22(17)15-8-10-16(27-5)11-9-15/h7-11,17-20H,1H2,2-5H3/t17-,18+,19-,20+/m1/s1. The molecule has 9 heteroatoms. The fourth-order valence-electron chi connectivity index (χ4n) is 3.22. The summed E-state index contributed by atoms with van der Waals surface area (Å²) in [6.45, 7) is 6.96. The van der Waals surface area contributed by atoms with Gasteiger partial charge in [-0.3, -0.25) is 24.1 Å². The van der Waals surface area contributed by atoms with Crippen molar-refractivity contribution in [1.29, 1.82) is 0 Å². The molecule has 30 heavy (non-hydrogen) atoms. The van der Waals surface area contributed by atoms with E-state index in [4.69, 9.17) is 18.9 Å². The zero-order valence-corrected chi connectivity index (χ0v) is 17.1. The van der Waals surface area contributed by atoms with Crippen LogP contribution in [0.2, 0.25) is 0 Å². The van der Waals surface area contributed by atoms with Crippen LogP contribution in [0.25, 0.3) is 0 Å². The summed E-state index contributed by atoms with van der Waals surface area (Å²) in [6.07, 6.45) is -2.64. The Balaban J connectivity index is 2.64. The maximum Gasteiger partial charge on any atom is 0.303 e. The molecule has 0 aliphatic carbocycles. The lowest BCUT2D eigenvalue weighted by Gasteiger charge is -2.45. The Bertz CT molecular complexity index is 871. The molecule has 4 atom stereocenters. The zero-order valence-electron chi connectivity index (χ0n) is 17.1. The Kier molecular flexibility index (Phi) is 7.38. The van der Waals surface area contributed by atoms with Crippen molar-refractivity contribution in [3.63, 3.8) is 0 Å². The second-order valence-electron chi connectivity index (χ2n) is 6.45. The van der Waals surface area contributed by atoms with Gasteiger partial charge >= 0.3 is 17.9 Å². The van der Waals surface area contributed by atoms with Crippen molar-refractivity contribution in [3.05, 3.63) is 42.7 Å². The van der Waals surface area contributed by atoms with E-state index in [1.54, 1.807) is 24.3 Å². The molecule has 1 aliphatic rings. The molecule has 2 rings (SSSR count). The number of methoxy groups -OCH3 is 1. The van der Waals surface area contributed by atoms with Gasteiger partial charge in [0, 0.05) is 26.5 Å². The van der Waals surface area contributed by atoms with E-state index >= 15 is 0 Å². The lowest BCUT2D eigenvalue weighted by molar-refractivity contribution is -0.191. The van der Waals surface area contributed by atoms with Gasteiger partial charge in [-0.05, 0) is 30.3 Å². The Labute approximate surface area is 173 Å². The molecule has 0 bridgehead atoms. The molecule has 1 heterocycles. The van der Waals surface area contributed by atoms with E-state index in [2.05, 4.69) is 12.3 Å². The molecular weight excluding hydrogens is 394 g/mol. The summed E-state index contributed by atoms with van der Waals surface area (Å²) < 4.78 is 21.0. The van der Waals surface area contributed by atoms with Gasteiger partial charge in [-0.15, -0.1) is 5.73 Å². The van der Waals surface area contributed by atoms with Crippen LogP contribution in [0.15, 0.2) is 42.7 Å². The monoisotopic (exact) mass is 417 g/mol. The maximum absolute atomic E-state index is 13.3. The number of esters is 3. The second-order valence-corrected chi connectivity index (χ2v) is 6.45. The summed E-state index contributed by atoms with van der Waals surface area (Å²) in [4.78, 5) is 49.8. The third-order valence-electron chi connectivity index (χ3n) is 4.27. The summed E-state index contributed by atoms with van der Waals surface area (Å²) >= 11 is 0. The number of rotatable bonds is 6. The average molecular weight is 417 g/mol. The number of anilines is 1. The van der Waals surface area contributed by atoms with Crippen molar-refractivity contribution in [1.82, 2.24) is 0 Å². The highest BCUT2D eigenvalue weighted by atomic mass is 16.6. The molecule has 0 saturated carbocycles. The molecular formula is C21H23NO8. The number of benzene rings is 1. The van der Waals surface area contributed by atoms with Gasteiger partial charge in [-0.1, -0.05) is 6.58 Å². The maximum atomic E-state index is 13.3. The molecule has 0 radical (unpaired) electrons. The Morgan fingerprint density at radius 1 is 0.967 bits per heavy atom. The van der Waals surface area contributed by atoms with E-state index in [0.717, 1.165) is 13.8 Å². The van der Waals surface area contributed by atoms with Crippen molar-refractivity contribution in [2.24, 2.45) is 0 Å². The SMILES string of the molecule is C=C=C[C@@H]1[C@H](OC(C)=O)[C@@H](OC(C)=O)[C@H](OC(C)=O)C(=O)N1c1ccc(OC)cc1. The van der Waals surface area contributed by atoms with E-state index in [1.165, 1.54) is 25.0 Å². The first-order chi connectivity index (χ1) is 14.2. The number of hydrogen-bond acceptors (Lipinski definition) is 8. The number of ether oxygens (including phenoxy) is 4. The van der Waals surface area contributed by atoms with E-state index in [1.807, 2.05) is 0 Å². The van der Waals surface area contributed by atoms with Crippen LogP contribution in [-0.2, 0) is 33.4 Å². The molecule has 1 amide bonds. The second kappa shape index (κ2) is 9.76. The highest BCUT2D eigenvalue weighted by Gasteiger charge is 2.54. The number of nitrogens with zero attached hydrogens (tertiary/aromatic N) is 1. The molecule has 1 aromatic carbocycles. The van der Waals surface area contributed by atoms with Crippen molar-refractivity contribution in [3.8, 4) is 5.75 Å². The first-order valence-corrected chi connectivity index (χ1v) is 9.04. The molecule has 1 aliphatic heterocycles. The summed E-state index contributed by atoms with van der Waals surface area (Å²) in [7, 11) is 1.50. The van der Waals surface area contributed by atoms with Crippen LogP contribution < -0.4 is 9.64 Å².